The van der Waals surface area contributed by atoms with Gasteiger partial charge in [-0.25, -0.2) is 9.97 Å². The molecule has 0 radical (unpaired) electrons. The van der Waals surface area contributed by atoms with Gasteiger partial charge in [0, 0.05) is 19.3 Å². The molecule has 0 saturated carbocycles. The SMILES string of the molecule is CCC(C)N(C)c1c(C(C)C)cnc2scnc12. The molecule has 0 aliphatic rings. The first-order chi connectivity index (χ1) is 8.56. The van der Waals surface area contributed by atoms with Gasteiger partial charge in [-0.2, -0.15) is 0 Å². The molecule has 0 bridgehead atoms. The molecule has 18 heavy (non-hydrogen) atoms. The minimum absolute atomic E-state index is 0.463. The van der Waals surface area contributed by atoms with E-state index in [4.69, 9.17) is 0 Å². The second-order valence-corrected chi connectivity index (χ2v) is 5.92. The lowest BCUT2D eigenvalue weighted by molar-refractivity contribution is 0.659. The highest BCUT2D eigenvalue weighted by atomic mass is 32.1. The van der Waals surface area contributed by atoms with E-state index in [9.17, 15) is 0 Å². The maximum atomic E-state index is 4.52. The third kappa shape index (κ3) is 2.21. The van der Waals surface area contributed by atoms with Crippen LogP contribution in [-0.2, 0) is 0 Å². The van der Waals surface area contributed by atoms with Crippen molar-refractivity contribution >= 4 is 27.4 Å². The van der Waals surface area contributed by atoms with E-state index in [1.807, 2.05) is 11.7 Å². The van der Waals surface area contributed by atoms with Crippen molar-refractivity contribution in [3.8, 4) is 0 Å². The summed E-state index contributed by atoms with van der Waals surface area (Å²) in [6, 6.07) is 0.509. The van der Waals surface area contributed by atoms with E-state index in [0.717, 1.165) is 16.8 Å². The first-order valence-corrected chi connectivity index (χ1v) is 7.39. The molecule has 0 N–H and O–H groups in total. The van der Waals surface area contributed by atoms with Gasteiger partial charge in [0.25, 0.3) is 0 Å². The van der Waals surface area contributed by atoms with Crippen LogP contribution in [0.2, 0.25) is 0 Å². The van der Waals surface area contributed by atoms with E-state index in [1.165, 1.54) is 11.3 Å². The zero-order valence-electron chi connectivity index (χ0n) is 11.8. The topological polar surface area (TPSA) is 29.0 Å². The van der Waals surface area contributed by atoms with Crippen molar-refractivity contribution in [2.45, 2.75) is 46.1 Å². The highest BCUT2D eigenvalue weighted by molar-refractivity contribution is 7.16. The first kappa shape index (κ1) is 13.3. The fraction of sp³-hybridized carbons (Fsp3) is 0.571. The fourth-order valence-electron chi connectivity index (χ4n) is 2.11. The average molecular weight is 263 g/mol. The zero-order chi connectivity index (χ0) is 13.3. The van der Waals surface area contributed by atoms with E-state index in [2.05, 4.69) is 49.6 Å². The fourth-order valence-corrected chi connectivity index (χ4v) is 2.74. The van der Waals surface area contributed by atoms with Gasteiger partial charge in [0.05, 0.1) is 11.2 Å². The van der Waals surface area contributed by atoms with Crippen molar-refractivity contribution in [1.29, 1.82) is 0 Å². The highest BCUT2D eigenvalue weighted by Gasteiger charge is 2.19. The third-order valence-electron chi connectivity index (χ3n) is 3.59. The molecule has 0 saturated heterocycles. The Morgan fingerprint density at radius 2 is 2.00 bits per heavy atom. The number of aromatic nitrogens is 2. The summed E-state index contributed by atoms with van der Waals surface area (Å²) in [4.78, 5) is 12.4. The largest absolute Gasteiger partial charge is 0.370 e. The van der Waals surface area contributed by atoms with E-state index < -0.39 is 0 Å². The van der Waals surface area contributed by atoms with Gasteiger partial charge < -0.3 is 4.90 Å². The quantitative estimate of drug-likeness (QED) is 0.833. The van der Waals surface area contributed by atoms with Crippen molar-refractivity contribution in [2.75, 3.05) is 11.9 Å². The van der Waals surface area contributed by atoms with Gasteiger partial charge in [-0.3, -0.25) is 0 Å². The lowest BCUT2D eigenvalue weighted by atomic mass is 10.0. The van der Waals surface area contributed by atoms with Gasteiger partial charge in [-0.05, 0) is 24.8 Å². The van der Waals surface area contributed by atoms with Gasteiger partial charge in [0.1, 0.15) is 10.3 Å². The molecular formula is C14H21N3S. The smallest absolute Gasteiger partial charge is 0.145 e. The van der Waals surface area contributed by atoms with E-state index in [0.29, 0.717) is 12.0 Å². The summed E-state index contributed by atoms with van der Waals surface area (Å²) in [6.07, 6.45) is 3.14. The van der Waals surface area contributed by atoms with Crippen LogP contribution in [0.15, 0.2) is 11.7 Å². The summed E-state index contributed by atoms with van der Waals surface area (Å²) in [5, 5.41) is 0. The predicted octanol–water partition coefficient (Wildman–Crippen LogP) is 4.05. The molecule has 4 heteroatoms. The van der Waals surface area contributed by atoms with Crippen molar-refractivity contribution < 1.29 is 0 Å². The van der Waals surface area contributed by atoms with Crippen LogP contribution >= 0.6 is 11.3 Å². The second kappa shape index (κ2) is 5.22. The summed E-state index contributed by atoms with van der Waals surface area (Å²) in [7, 11) is 2.16. The van der Waals surface area contributed by atoms with Crippen LogP contribution in [0.5, 0.6) is 0 Å². The van der Waals surface area contributed by atoms with Crippen LogP contribution in [-0.4, -0.2) is 23.1 Å². The van der Waals surface area contributed by atoms with E-state index in [-0.39, 0.29) is 0 Å². The van der Waals surface area contributed by atoms with Gasteiger partial charge in [-0.1, -0.05) is 20.8 Å². The van der Waals surface area contributed by atoms with Crippen LogP contribution in [0.4, 0.5) is 5.69 Å². The van der Waals surface area contributed by atoms with Crippen molar-refractivity contribution in [2.24, 2.45) is 0 Å². The molecule has 0 amide bonds. The molecule has 98 valence electrons. The number of anilines is 1. The van der Waals surface area contributed by atoms with Crippen LogP contribution in [0.3, 0.4) is 0 Å². The standard InChI is InChI=1S/C14H21N3S/c1-6-10(4)17(5)13-11(9(2)3)7-15-14-12(13)16-8-18-14/h7-10H,6H2,1-5H3. The summed E-state index contributed by atoms with van der Waals surface area (Å²) >= 11 is 1.61. The molecule has 0 aliphatic carbocycles. The van der Waals surface area contributed by atoms with Gasteiger partial charge in [0.15, 0.2) is 0 Å². The summed E-state index contributed by atoms with van der Waals surface area (Å²) in [5.41, 5.74) is 5.48. The Kier molecular flexibility index (Phi) is 3.85. The van der Waals surface area contributed by atoms with Crippen LogP contribution < -0.4 is 4.90 Å². The average Bonchev–Trinajstić information content (AvgIpc) is 2.83. The molecule has 1 unspecified atom stereocenters. The van der Waals surface area contributed by atoms with Crippen LogP contribution in [0.25, 0.3) is 10.3 Å². The Labute approximate surface area is 113 Å². The number of nitrogens with zero attached hydrogens (tertiary/aromatic N) is 3. The van der Waals surface area contributed by atoms with E-state index >= 15 is 0 Å². The predicted molar refractivity (Wildman–Crippen MR) is 79.7 cm³/mol. The van der Waals surface area contributed by atoms with Crippen LogP contribution in [0, 0.1) is 0 Å². The second-order valence-electron chi connectivity index (χ2n) is 5.09. The molecule has 3 nitrogen and oxygen atoms in total. The molecule has 0 aliphatic heterocycles. The number of pyridine rings is 1. The van der Waals surface area contributed by atoms with E-state index in [1.54, 1.807) is 11.3 Å². The molecule has 0 fully saturated rings. The highest BCUT2D eigenvalue weighted by Crippen LogP contribution is 2.35. The maximum Gasteiger partial charge on any atom is 0.145 e. The minimum Gasteiger partial charge on any atom is -0.370 e. The summed E-state index contributed by atoms with van der Waals surface area (Å²) in [6.45, 7) is 8.89. The molecule has 1 atom stereocenters. The molecule has 0 aromatic carbocycles. The summed E-state index contributed by atoms with van der Waals surface area (Å²) in [5.74, 6) is 0.463. The van der Waals surface area contributed by atoms with Crippen LogP contribution in [0.1, 0.15) is 45.6 Å². The Morgan fingerprint density at radius 1 is 1.28 bits per heavy atom. The Balaban J connectivity index is 2.63. The first-order valence-electron chi connectivity index (χ1n) is 6.51. The molecule has 2 aromatic rings. The van der Waals surface area contributed by atoms with Gasteiger partial charge >= 0.3 is 0 Å². The van der Waals surface area contributed by atoms with Gasteiger partial charge in [-0.15, -0.1) is 11.3 Å². The minimum atomic E-state index is 0.463. The molecular weight excluding hydrogens is 242 g/mol. The molecule has 2 rings (SSSR count). The monoisotopic (exact) mass is 263 g/mol. The maximum absolute atomic E-state index is 4.52. The number of rotatable bonds is 4. The number of hydrogen-bond acceptors (Lipinski definition) is 4. The lowest BCUT2D eigenvalue weighted by Gasteiger charge is -2.29. The molecule has 2 aromatic heterocycles. The number of thiazole rings is 1. The molecule has 0 spiro atoms. The Morgan fingerprint density at radius 3 is 2.61 bits per heavy atom. The number of hydrogen-bond donors (Lipinski definition) is 0. The van der Waals surface area contributed by atoms with Gasteiger partial charge in [0.2, 0.25) is 0 Å². The lowest BCUT2D eigenvalue weighted by Crippen LogP contribution is -2.29. The Bertz CT molecular complexity index is 533. The van der Waals surface area contributed by atoms with Crippen molar-refractivity contribution in [3.05, 3.63) is 17.3 Å². The van der Waals surface area contributed by atoms with Crippen molar-refractivity contribution in [1.82, 2.24) is 9.97 Å². The molecule has 2 heterocycles. The normalized spacial score (nSPS) is 13.2. The summed E-state index contributed by atoms with van der Waals surface area (Å²) < 4.78 is 0. The Hall–Kier alpha value is -1.16. The third-order valence-corrected chi connectivity index (χ3v) is 4.33. The number of fused-ring (bicyclic) bond motifs is 1. The zero-order valence-corrected chi connectivity index (χ0v) is 12.6. The van der Waals surface area contributed by atoms with Crippen molar-refractivity contribution in [3.63, 3.8) is 0 Å².